The van der Waals surface area contributed by atoms with Crippen molar-refractivity contribution >= 4 is 33.0 Å². The van der Waals surface area contributed by atoms with Crippen LogP contribution in [0.4, 0.5) is 4.39 Å². The van der Waals surface area contributed by atoms with Gasteiger partial charge in [-0.2, -0.15) is 0 Å². The van der Waals surface area contributed by atoms with Gasteiger partial charge in [-0.15, -0.1) is 11.3 Å². The Morgan fingerprint density at radius 3 is 2.92 bits per heavy atom. The molecule has 0 aliphatic heterocycles. The molecule has 0 radical (unpaired) electrons. The van der Waals surface area contributed by atoms with E-state index in [1.807, 2.05) is 0 Å². The maximum Gasteiger partial charge on any atom is 0.137 e. The molecule has 0 bridgehead atoms. The lowest BCUT2D eigenvalue weighted by Crippen LogP contribution is -1.88. The Kier molecular flexibility index (Phi) is 2.24. The minimum Gasteiger partial charge on any atom is -0.392 e. The maximum absolute atomic E-state index is 13.5. The third-order valence-corrected chi connectivity index (χ3v) is 3.08. The van der Waals surface area contributed by atoms with Crippen molar-refractivity contribution in [1.29, 1.82) is 0 Å². The maximum atomic E-state index is 13.5. The molecule has 68 valence electrons. The molecule has 0 saturated carbocycles. The highest BCUT2D eigenvalue weighted by atomic mass is 35.5. The van der Waals surface area contributed by atoms with Gasteiger partial charge in [0, 0.05) is 15.6 Å². The van der Waals surface area contributed by atoms with Gasteiger partial charge >= 0.3 is 0 Å². The number of thiophene rings is 1. The molecule has 1 aromatic carbocycles. The van der Waals surface area contributed by atoms with Crippen LogP contribution in [0.15, 0.2) is 18.2 Å². The van der Waals surface area contributed by atoms with E-state index in [-0.39, 0.29) is 12.4 Å². The summed E-state index contributed by atoms with van der Waals surface area (Å²) in [5.41, 5.74) is 0.307. The lowest BCUT2D eigenvalue weighted by atomic mass is 10.1. The van der Waals surface area contributed by atoms with Crippen LogP contribution in [-0.4, -0.2) is 5.11 Å². The molecule has 1 heterocycles. The Morgan fingerprint density at radius 2 is 2.23 bits per heavy atom. The van der Waals surface area contributed by atoms with Crippen molar-refractivity contribution in [2.24, 2.45) is 0 Å². The Hall–Kier alpha value is -0.640. The normalized spacial score (nSPS) is 11.0. The fourth-order valence-electron chi connectivity index (χ4n) is 1.21. The summed E-state index contributed by atoms with van der Waals surface area (Å²) in [5.74, 6) is -0.372. The highest BCUT2D eigenvalue weighted by molar-refractivity contribution is 7.22. The molecule has 4 heteroatoms. The fraction of sp³-hybridized carbons (Fsp3) is 0.111. The third-order valence-electron chi connectivity index (χ3n) is 1.86. The summed E-state index contributed by atoms with van der Waals surface area (Å²) >= 11 is 7.07. The molecule has 0 atom stereocenters. The van der Waals surface area contributed by atoms with Gasteiger partial charge in [0.15, 0.2) is 0 Å². The fourth-order valence-corrected chi connectivity index (χ4v) is 2.35. The number of hydrogen-bond acceptors (Lipinski definition) is 2. The van der Waals surface area contributed by atoms with E-state index in [0.29, 0.717) is 15.3 Å². The molecule has 1 N–H and O–H groups in total. The predicted molar refractivity (Wildman–Crippen MR) is 52.7 cm³/mol. The second kappa shape index (κ2) is 3.25. The van der Waals surface area contributed by atoms with Gasteiger partial charge in [0.1, 0.15) is 5.82 Å². The highest BCUT2D eigenvalue weighted by Crippen LogP contribution is 2.32. The summed E-state index contributed by atoms with van der Waals surface area (Å²) in [6.07, 6.45) is 0. The molecule has 0 amide bonds. The van der Waals surface area contributed by atoms with E-state index < -0.39 is 0 Å². The van der Waals surface area contributed by atoms with Gasteiger partial charge in [0.25, 0.3) is 0 Å². The number of hydrogen-bond donors (Lipinski definition) is 1. The molecule has 0 unspecified atom stereocenters. The van der Waals surface area contributed by atoms with Crippen LogP contribution in [0.5, 0.6) is 0 Å². The van der Waals surface area contributed by atoms with Gasteiger partial charge in [-0.05, 0) is 12.1 Å². The summed E-state index contributed by atoms with van der Waals surface area (Å²) < 4.78 is 14.8. The second-order valence-corrected chi connectivity index (χ2v) is 4.37. The monoisotopic (exact) mass is 216 g/mol. The van der Waals surface area contributed by atoms with E-state index in [1.165, 1.54) is 11.3 Å². The highest BCUT2D eigenvalue weighted by Gasteiger charge is 2.08. The SMILES string of the molecule is OCc1ccc2sc(Cl)cc2c1F. The summed E-state index contributed by atoms with van der Waals surface area (Å²) in [6.45, 7) is -0.283. The van der Waals surface area contributed by atoms with Gasteiger partial charge in [0.05, 0.1) is 10.9 Å². The minimum atomic E-state index is -0.372. The molecule has 1 nitrogen and oxygen atoms in total. The van der Waals surface area contributed by atoms with Crippen LogP contribution in [0.3, 0.4) is 0 Å². The van der Waals surface area contributed by atoms with E-state index >= 15 is 0 Å². The summed E-state index contributed by atoms with van der Waals surface area (Å²) in [7, 11) is 0. The van der Waals surface area contributed by atoms with Crippen molar-refractivity contribution in [3.05, 3.63) is 33.9 Å². The zero-order valence-electron chi connectivity index (χ0n) is 6.55. The third kappa shape index (κ3) is 1.43. The van der Waals surface area contributed by atoms with Crippen molar-refractivity contribution in [2.45, 2.75) is 6.61 Å². The molecular formula is C9H6ClFOS. The number of aliphatic hydroxyl groups is 1. The first-order valence-electron chi connectivity index (χ1n) is 3.69. The summed E-state index contributed by atoms with van der Waals surface area (Å²) in [5, 5.41) is 9.30. The number of halogens is 2. The predicted octanol–water partition coefficient (Wildman–Crippen LogP) is 3.19. The Morgan fingerprint density at radius 1 is 1.46 bits per heavy atom. The summed E-state index contributed by atoms with van der Waals surface area (Å²) in [4.78, 5) is 0. The molecule has 0 saturated heterocycles. The Bertz CT molecular complexity index is 452. The quantitative estimate of drug-likeness (QED) is 0.776. The first-order valence-corrected chi connectivity index (χ1v) is 4.89. The van der Waals surface area contributed by atoms with Gasteiger partial charge in [-0.1, -0.05) is 17.7 Å². The molecule has 1 aromatic heterocycles. The van der Waals surface area contributed by atoms with Crippen LogP contribution < -0.4 is 0 Å². The topological polar surface area (TPSA) is 20.2 Å². The molecule has 2 rings (SSSR count). The standard InChI is InChI=1S/C9H6ClFOS/c10-8-3-6-7(13-8)2-1-5(4-12)9(6)11/h1-3,12H,4H2. The zero-order valence-corrected chi connectivity index (χ0v) is 8.12. The van der Waals surface area contributed by atoms with Crippen LogP contribution in [0.2, 0.25) is 4.34 Å². The van der Waals surface area contributed by atoms with Gasteiger partial charge < -0.3 is 5.11 Å². The molecule has 0 spiro atoms. The molecule has 0 aliphatic rings. The number of fused-ring (bicyclic) bond motifs is 1. The molecule has 13 heavy (non-hydrogen) atoms. The van der Waals surface area contributed by atoms with E-state index in [9.17, 15) is 4.39 Å². The van der Waals surface area contributed by atoms with Crippen LogP contribution in [0.25, 0.3) is 10.1 Å². The van der Waals surface area contributed by atoms with Crippen molar-refractivity contribution in [3.8, 4) is 0 Å². The average molecular weight is 217 g/mol. The Balaban J connectivity index is 2.78. The van der Waals surface area contributed by atoms with Gasteiger partial charge in [-0.3, -0.25) is 0 Å². The number of rotatable bonds is 1. The first kappa shape index (κ1) is 8.94. The zero-order chi connectivity index (χ0) is 9.42. The molecular weight excluding hydrogens is 211 g/mol. The molecule has 2 aromatic rings. The van der Waals surface area contributed by atoms with Crippen LogP contribution in [0.1, 0.15) is 5.56 Å². The van der Waals surface area contributed by atoms with E-state index in [0.717, 1.165) is 4.70 Å². The van der Waals surface area contributed by atoms with Crippen molar-refractivity contribution in [1.82, 2.24) is 0 Å². The lowest BCUT2D eigenvalue weighted by molar-refractivity contribution is 0.276. The van der Waals surface area contributed by atoms with Crippen molar-refractivity contribution in [3.63, 3.8) is 0 Å². The van der Waals surface area contributed by atoms with Crippen LogP contribution >= 0.6 is 22.9 Å². The van der Waals surface area contributed by atoms with Crippen LogP contribution in [0, 0.1) is 5.82 Å². The number of aliphatic hydroxyl groups excluding tert-OH is 1. The smallest absolute Gasteiger partial charge is 0.137 e. The average Bonchev–Trinajstić information content (AvgIpc) is 2.47. The molecule has 0 fully saturated rings. The Labute approximate surface area is 83.4 Å². The van der Waals surface area contributed by atoms with Crippen LogP contribution in [-0.2, 0) is 6.61 Å². The first-order chi connectivity index (χ1) is 6.22. The lowest BCUT2D eigenvalue weighted by Gasteiger charge is -1.98. The molecule has 0 aliphatic carbocycles. The van der Waals surface area contributed by atoms with E-state index in [2.05, 4.69) is 0 Å². The van der Waals surface area contributed by atoms with Gasteiger partial charge in [-0.25, -0.2) is 4.39 Å². The van der Waals surface area contributed by atoms with Gasteiger partial charge in [0.2, 0.25) is 0 Å². The summed E-state index contributed by atoms with van der Waals surface area (Å²) in [6, 6.07) is 4.92. The van der Waals surface area contributed by atoms with E-state index in [1.54, 1.807) is 18.2 Å². The second-order valence-electron chi connectivity index (χ2n) is 2.66. The minimum absolute atomic E-state index is 0.283. The largest absolute Gasteiger partial charge is 0.392 e. The van der Waals surface area contributed by atoms with Crippen molar-refractivity contribution in [2.75, 3.05) is 0 Å². The van der Waals surface area contributed by atoms with Crippen molar-refractivity contribution < 1.29 is 9.50 Å². The van der Waals surface area contributed by atoms with E-state index in [4.69, 9.17) is 16.7 Å². The number of benzene rings is 1.